The molecule has 0 aliphatic rings. The second kappa shape index (κ2) is 5.24. The molecule has 0 atom stereocenters. The number of amides is 2. The summed E-state index contributed by atoms with van der Waals surface area (Å²) < 4.78 is 5.19. The maximum Gasteiger partial charge on any atom is 0.314 e. The zero-order valence-corrected chi connectivity index (χ0v) is 9.26. The summed E-state index contributed by atoms with van der Waals surface area (Å²) in [6, 6.07) is 5.67. The molecule has 0 spiro atoms. The zero-order chi connectivity index (χ0) is 11.3. The van der Waals surface area contributed by atoms with Crippen molar-refractivity contribution >= 4 is 6.03 Å². The summed E-state index contributed by atoms with van der Waals surface area (Å²) in [6.45, 7) is 2.47. The maximum absolute atomic E-state index is 11.0. The van der Waals surface area contributed by atoms with Crippen molar-refractivity contribution in [3.8, 4) is 5.75 Å². The van der Waals surface area contributed by atoms with Crippen LogP contribution in [0.4, 0.5) is 4.79 Å². The molecule has 1 aromatic rings. The Kier molecular flexibility index (Phi) is 3.97. The topological polar surface area (TPSA) is 50.4 Å². The minimum atomic E-state index is -0.196. The van der Waals surface area contributed by atoms with E-state index in [9.17, 15) is 4.79 Å². The molecule has 15 heavy (non-hydrogen) atoms. The average Bonchev–Trinajstić information content (AvgIpc) is 2.26. The van der Waals surface area contributed by atoms with Crippen LogP contribution in [0.1, 0.15) is 11.1 Å². The number of methoxy groups -OCH3 is 1. The first-order valence-electron chi connectivity index (χ1n) is 4.76. The standard InChI is InChI=1S/C11H16N2O2/c1-8-4-5-10(15-3)9(6-8)7-13-11(14)12-2/h4-6H,7H2,1-3H3,(H2,12,13,14). The van der Waals surface area contributed by atoms with Crippen LogP contribution in [0.25, 0.3) is 0 Å². The number of benzene rings is 1. The van der Waals surface area contributed by atoms with E-state index in [1.807, 2.05) is 25.1 Å². The van der Waals surface area contributed by atoms with Crippen molar-refractivity contribution in [3.05, 3.63) is 29.3 Å². The highest BCUT2D eigenvalue weighted by atomic mass is 16.5. The number of urea groups is 1. The number of hydrogen-bond donors (Lipinski definition) is 2. The fourth-order valence-electron chi connectivity index (χ4n) is 1.31. The highest BCUT2D eigenvalue weighted by molar-refractivity contribution is 5.73. The van der Waals surface area contributed by atoms with Gasteiger partial charge in [-0.15, -0.1) is 0 Å². The van der Waals surface area contributed by atoms with E-state index in [4.69, 9.17) is 4.74 Å². The van der Waals surface area contributed by atoms with Crippen molar-refractivity contribution in [2.45, 2.75) is 13.5 Å². The lowest BCUT2D eigenvalue weighted by molar-refractivity contribution is 0.242. The Balaban J connectivity index is 2.74. The summed E-state index contributed by atoms with van der Waals surface area (Å²) in [5.41, 5.74) is 2.12. The van der Waals surface area contributed by atoms with Crippen molar-refractivity contribution < 1.29 is 9.53 Å². The average molecular weight is 208 g/mol. The van der Waals surface area contributed by atoms with Crippen LogP contribution in [-0.4, -0.2) is 20.2 Å². The number of rotatable bonds is 3. The van der Waals surface area contributed by atoms with E-state index in [0.717, 1.165) is 16.9 Å². The van der Waals surface area contributed by atoms with E-state index in [1.165, 1.54) is 0 Å². The molecule has 0 aliphatic heterocycles. The highest BCUT2D eigenvalue weighted by Gasteiger charge is 2.04. The molecule has 0 aliphatic carbocycles. The molecular weight excluding hydrogens is 192 g/mol. The molecule has 4 nitrogen and oxygen atoms in total. The Bertz CT molecular complexity index is 350. The molecule has 0 fully saturated rings. The summed E-state index contributed by atoms with van der Waals surface area (Å²) in [7, 11) is 3.21. The molecule has 2 N–H and O–H groups in total. The van der Waals surface area contributed by atoms with Gasteiger partial charge in [-0.1, -0.05) is 17.7 Å². The van der Waals surface area contributed by atoms with E-state index < -0.39 is 0 Å². The fraction of sp³-hybridized carbons (Fsp3) is 0.364. The first-order valence-corrected chi connectivity index (χ1v) is 4.76. The van der Waals surface area contributed by atoms with Gasteiger partial charge >= 0.3 is 6.03 Å². The zero-order valence-electron chi connectivity index (χ0n) is 9.26. The lowest BCUT2D eigenvalue weighted by Crippen LogP contribution is -2.32. The Hall–Kier alpha value is -1.71. The van der Waals surface area contributed by atoms with Gasteiger partial charge in [0.1, 0.15) is 5.75 Å². The van der Waals surface area contributed by atoms with E-state index in [1.54, 1.807) is 14.2 Å². The normalized spacial score (nSPS) is 9.53. The lowest BCUT2D eigenvalue weighted by atomic mass is 10.1. The predicted octanol–water partition coefficient (Wildman–Crippen LogP) is 1.43. The maximum atomic E-state index is 11.0. The monoisotopic (exact) mass is 208 g/mol. The Morgan fingerprint density at radius 3 is 2.80 bits per heavy atom. The predicted molar refractivity (Wildman–Crippen MR) is 59.0 cm³/mol. The van der Waals surface area contributed by atoms with Crippen LogP contribution in [-0.2, 0) is 6.54 Å². The van der Waals surface area contributed by atoms with Crippen LogP contribution in [0.15, 0.2) is 18.2 Å². The van der Waals surface area contributed by atoms with Crippen LogP contribution < -0.4 is 15.4 Å². The summed E-state index contributed by atoms with van der Waals surface area (Å²) >= 11 is 0. The van der Waals surface area contributed by atoms with Gasteiger partial charge in [0.25, 0.3) is 0 Å². The molecule has 1 aromatic carbocycles. The first kappa shape index (κ1) is 11.4. The minimum absolute atomic E-state index is 0.196. The molecule has 0 unspecified atom stereocenters. The molecule has 0 radical (unpaired) electrons. The van der Waals surface area contributed by atoms with Gasteiger partial charge in [0.15, 0.2) is 0 Å². The van der Waals surface area contributed by atoms with Gasteiger partial charge in [-0.25, -0.2) is 4.79 Å². The lowest BCUT2D eigenvalue weighted by Gasteiger charge is -2.10. The Morgan fingerprint density at radius 1 is 1.47 bits per heavy atom. The molecule has 2 amide bonds. The van der Waals surface area contributed by atoms with Gasteiger partial charge in [0, 0.05) is 19.2 Å². The molecule has 0 saturated heterocycles. The summed E-state index contributed by atoms with van der Waals surface area (Å²) in [6.07, 6.45) is 0. The molecule has 0 aromatic heterocycles. The van der Waals surface area contributed by atoms with E-state index >= 15 is 0 Å². The molecule has 4 heteroatoms. The fourth-order valence-corrected chi connectivity index (χ4v) is 1.31. The van der Waals surface area contributed by atoms with Crippen LogP contribution in [0, 0.1) is 6.92 Å². The van der Waals surface area contributed by atoms with Crippen molar-refractivity contribution in [1.29, 1.82) is 0 Å². The molecule has 1 rings (SSSR count). The molecule has 0 saturated carbocycles. The van der Waals surface area contributed by atoms with Gasteiger partial charge in [-0.05, 0) is 13.0 Å². The van der Waals surface area contributed by atoms with E-state index in [-0.39, 0.29) is 6.03 Å². The van der Waals surface area contributed by atoms with E-state index in [0.29, 0.717) is 6.54 Å². The largest absolute Gasteiger partial charge is 0.496 e. The Morgan fingerprint density at radius 2 is 2.20 bits per heavy atom. The number of nitrogens with one attached hydrogen (secondary N) is 2. The SMILES string of the molecule is CNC(=O)NCc1cc(C)ccc1OC. The van der Waals surface area contributed by atoms with Crippen LogP contribution in [0.3, 0.4) is 0 Å². The second-order valence-electron chi connectivity index (χ2n) is 3.25. The smallest absolute Gasteiger partial charge is 0.314 e. The van der Waals surface area contributed by atoms with Crippen LogP contribution >= 0.6 is 0 Å². The Labute approximate surface area is 89.6 Å². The molecular formula is C11H16N2O2. The number of ether oxygens (including phenoxy) is 1. The second-order valence-corrected chi connectivity index (χ2v) is 3.25. The van der Waals surface area contributed by atoms with Gasteiger partial charge < -0.3 is 15.4 Å². The number of carbonyl (C=O) groups is 1. The summed E-state index contributed by atoms with van der Waals surface area (Å²) in [5, 5.41) is 5.22. The third-order valence-corrected chi connectivity index (χ3v) is 2.10. The van der Waals surface area contributed by atoms with Gasteiger partial charge in [-0.2, -0.15) is 0 Å². The number of hydrogen-bond acceptors (Lipinski definition) is 2. The van der Waals surface area contributed by atoms with Crippen molar-refractivity contribution in [2.24, 2.45) is 0 Å². The molecule has 0 heterocycles. The molecule has 0 bridgehead atoms. The molecule has 82 valence electrons. The number of carbonyl (C=O) groups excluding carboxylic acids is 1. The highest BCUT2D eigenvalue weighted by Crippen LogP contribution is 2.19. The van der Waals surface area contributed by atoms with Crippen molar-refractivity contribution in [3.63, 3.8) is 0 Å². The van der Waals surface area contributed by atoms with Crippen molar-refractivity contribution in [2.75, 3.05) is 14.2 Å². The van der Waals surface area contributed by atoms with Gasteiger partial charge in [0.2, 0.25) is 0 Å². The minimum Gasteiger partial charge on any atom is -0.496 e. The quantitative estimate of drug-likeness (QED) is 0.789. The third-order valence-electron chi connectivity index (χ3n) is 2.10. The van der Waals surface area contributed by atoms with Gasteiger partial charge in [0.05, 0.1) is 7.11 Å². The van der Waals surface area contributed by atoms with Gasteiger partial charge in [-0.3, -0.25) is 0 Å². The van der Waals surface area contributed by atoms with E-state index in [2.05, 4.69) is 10.6 Å². The number of aryl methyl sites for hydroxylation is 1. The third kappa shape index (κ3) is 3.16. The first-order chi connectivity index (χ1) is 7.17. The summed E-state index contributed by atoms with van der Waals surface area (Å²) in [5.74, 6) is 0.789. The van der Waals surface area contributed by atoms with Crippen molar-refractivity contribution in [1.82, 2.24) is 10.6 Å². The van der Waals surface area contributed by atoms with Crippen LogP contribution in [0.5, 0.6) is 5.75 Å². The summed E-state index contributed by atoms with van der Waals surface area (Å²) in [4.78, 5) is 11.0. The van der Waals surface area contributed by atoms with Crippen LogP contribution in [0.2, 0.25) is 0 Å².